The summed E-state index contributed by atoms with van der Waals surface area (Å²) >= 11 is 0. The average molecular weight is 483 g/mol. The summed E-state index contributed by atoms with van der Waals surface area (Å²) in [5.74, 6) is 0.0157. The molecule has 6 rings (SSSR count). The van der Waals surface area contributed by atoms with Crippen LogP contribution >= 0.6 is 0 Å². The topological polar surface area (TPSA) is 68.4 Å². The molecule has 5 heterocycles. The lowest BCUT2D eigenvalue weighted by Gasteiger charge is -2.29. The van der Waals surface area contributed by atoms with Crippen molar-refractivity contribution in [3.63, 3.8) is 0 Å². The smallest absolute Gasteiger partial charge is 0.274 e. The number of hydrogen-bond acceptors (Lipinski definition) is 5. The molecule has 0 aliphatic carbocycles. The predicted molar refractivity (Wildman–Crippen MR) is 136 cm³/mol. The van der Waals surface area contributed by atoms with Gasteiger partial charge in [0.25, 0.3) is 5.91 Å². The third kappa shape index (κ3) is 4.57. The highest BCUT2D eigenvalue weighted by atomic mass is 16.5. The summed E-state index contributed by atoms with van der Waals surface area (Å²) in [5, 5.41) is 4.90. The molecule has 0 unspecified atom stereocenters. The van der Waals surface area contributed by atoms with Crippen molar-refractivity contribution in [2.75, 3.05) is 32.8 Å². The molecule has 184 valence electrons. The minimum absolute atomic E-state index is 0.0157. The zero-order chi connectivity index (χ0) is 24.3. The van der Waals surface area contributed by atoms with Crippen LogP contribution in [0.25, 0.3) is 5.69 Å². The second kappa shape index (κ2) is 10.1. The number of aromatic nitrogens is 4. The van der Waals surface area contributed by atoms with Crippen molar-refractivity contribution >= 4 is 5.91 Å². The van der Waals surface area contributed by atoms with E-state index in [2.05, 4.69) is 51.0 Å². The largest absolute Gasteiger partial charge is 0.378 e. The normalized spacial score (nSPS) is 16.2. The molecule has 3 aromatic heterocycles. The summed E-state index contributed by atoms with van der Waals surface area (Å²) in [5.41, 5.74) is 6.26. The maximum Gasteiger partial charge on any atom is 0.274 e. The highest BCUT2D eigenvalue weighted by Gasteiger charge is 2.31. The van der Waals surface area contributed by atoms with Gasteiger partial charge >= 0.3 is 0 Å². The molecule has 1 aromatic carbocycles. The van der Waals surface area contributed by atoms with E-state index in [0.717, 1.165) is 30.8 Å². The second-order valence-corrected chi connectivity index (χ2v) is 9.36. The Labute approximate surface area is 210 Å². The van der Waals surface area contributed by atoms with E-state index in [9.17, 15) is 4.79 Å². The van der Waals surface area contributed by atoms with E-state index < -0.39 is 0 Å². The average Bonchev–Trinajstić information content (AvgIpc) is 3.54. The third-order valence-electron chi connectivity index (χ3n) is 7.03. The Morgan fingerprint density at radius 3 is 2.61 bits per heavy atom. The molecule has 8 heteroatoms. The Morgan fingerprint density at radius 1 is 0.944 bits per heavy atom. The van der Waals surface area contributed by atoms with Crippen molar-refractivity contribution in [3.05, 3.63) is 101 Å². The van der Waals surface area contributed by atoms with E-state index in [4.69, 9.17) is 9.84 Å². The Bertz CT molecular complexity index is 1320. The molecule has 36 heavy (non-hydrogen) atoms. The molecular weight excluding hydrogens is 452 g/mol. The number of ether oxygens (including phenoxy) is 1. The van der Waals surface area contributed by atoms with E-state index in [1.165, 1.54) is 17.0 Å². The highest BCUT2D eigenvalue weighted by molar-refractivity contribution is 5.94. The third-order valence-corrected chi connectivity index (χ3v) is 7.03. The van der Waals surface area contributed by atoms with Gasteiger partial charge in [0.1, 0.15) is 0 Å². The lowest BCUT2D eigenvalue weighted by atomic mass is 10.0. The number of fused-ring (bicyclic) bond motifs is 1. The first-order chi connectivity index (χ1) is 17.8. The van der Waals surface area contributed by atoms with E-state index in [0.29, 0.717) is 45.1 Å². The quantitative estimate of drug-likeness (QED) is 0.422. The van der Waals surface area contributed by atoms with Crippen molar-refractivity contribution in [1.82, 2.24) is 29.1 Å². The predicted octanol–water partition coefficient (Wildman–Crippen LogP) is 3.15. The van der Waals surface area contributed by atoms with Crippen LogP contribution in [0, 0.1) is 0 Å². The Balaban J connectivity index is 1.29. The van der Waals surface area contributed by atoms with Crippen LogP contribution in [0.3, 0.4) is 0 Å². The fraction of sp³-hybridized carbons (Fsp3) is 0.321. The Hall–Kier alpha value is -3.75. The van der Waals surface area contributed by atoms with E-state index >= 15 is 0 Å². The van der Waals surface area contributed by atoms with Gasteiger partial charge in [-0.25, -0.2) is 0 Å². The summed E-state index contributed by atoms with van der Waals surface area (Å²) in [6.07, 6.45) is 6.61. The van der Waals surface area contributed by atoms with Crippen molar-refractivity contribution in [2.24, 2.45) is 0 Å². The maximum absolute atomic E-state index is 13.6. The van der Waals surface area contributed by atoms with Gasteiger partial charge in [0, 0.05) is 68.5 Å². The van der Waals surface area contributed by atoms with Gasteiger partial charge < -0.3 is 14.2 Å². The minimum Gasteiger partial charge on any atom is -0.378 e. The molecule has 0 spiro atoms. The molecule has 2 aliphatic rings. The number of benzene rings is 1. The number of carbonyl (C=O) groups excluding carboxylic acids is 1. The van der Waals surface area contributed by atoms with Gasteiger partial charge in [-0.15, -0.1) is 0 Å². The first-order valence-electron chi connectivity index (χ1n) is 12.5. The maximum atomic E-state index is 13.6. The van der Waals surface area contributed by atoms with Crippen molar-refractivity contribution < 1.29 is 9.53 Å². The van der Waals surface area contributed by atoms with Gasteiger partial charge in [-0.1, -0.05) is 30.3 Å². The summed E-state index contributed by atoms with van der Waals surface area (Å²) in [6, 6.07) is 18.6. The van der Waals surface area contributed by atoms with Gasteiger partial charge in [0.15, 0.2) is 5.69 Å². The molecular formula is C28H30N6O2. The monoisotopic (exact) mass is 482 g/mol. The number of nitrogens with zero attached hydrogens (tertiary/aromatic N) is 6. The lowest BCUT2D eigenvalue weighted by Crippen LogP contribution is -2.41. The molecule has 4 aromatic rings. The SMILES string of the molecule is O=C(c1nn(Cc2ccccc2)c2c1CN(Cc1cccn1-c1cccnc1)CC2)N1CCOCC1. The van der Waals surface area contributed by atoms with Crippen LogP contribution in [0.1, 0.15) is 33.0 Å². The number of pyridine rings is 1. The van der Waals surface area contributed by atoms with Gasteiger partial charge in [-0.2, -0.15) is 5.10 Å². The second-order valence-electron chi connectivity index (χ2n) is 9.36. The molecule has 1 saturated heterocycles. The van der Waals surface area contributed by atoms with Crippen LogP contribution in [0.2, 0.25) is 0 Å². The minimum atomic E-state index is 0.0157. The van der Waals surface area contributed by atoms with E-state index in [1.54, 1.807) is 6.20 Å². The summed E-state index contributed by atoms with van der Waals surface area (Å²) in [7, 11) is 0. The van der Waals surface area contributed by atoms with E-state index in [1.807, 2.05) is 40.0 Å². The molecule has 2 aliphatic heterocycles. The fourth-order valence-corrected chi connectivity index (χ4v) is 5.18. The Morgan fingerprint density at radius 2 is 1.81 bits per heavy atom. The number of amides is 1. The lowest BCUT2D eigenvalue weighted by molar-refractivity contribution is 0.0297. The molecule has 0 saturated carbocycles. The van der Waals surface area contributed by atoms with Crippen LogP contribution in [0.15, 0.2) is 73.2 Å². The molecule has 0 bridgehead atoms. The van der Waals surface area contributed by atoms with Crippen LogP contribution in [-0.2, 0) is 30.8 Å². The van der Waals surface area contributed by atoms with Gasteiger partial charge in [-0.3, -0.25) is 19.4 Å². The zero-order valence-electron chi connectivity index (χ0n) is 20.3. The number of hydrogen-bond donors (Lipinski definition) is 0. The van der Waals surface area contributed by atoms with Crippen molar-refractivity contribution in [3.8, 4) is 5.69 Å². The summed E-state index contributed by atoms with van der Waals surface area (Å²) in [4.78, 5) is 22.1. The number of morpholine rings is 1. The van der Waals surface area contributed by atoms with Gasteiger partial charge in [0.2, 0.25) is 0 Å². The fourth-order valence-electron chi connectivity index (χ4n) is 5.18. The van der Waals surface area contributed by atoms with Crippen LogP contribution in [0.5, 0.6) is 0 Å². The zero-order valence-corrected chi connectivity index (χ0v) is 20.3. The standard InChI is InChI=1S/C28H30N6O2/c35-28(32-14-16-36-17-15-32)27-25-21-31(20-24-9-5-12-33(24)23-8-4-11-29-18-23)13-10-26(25)34(30-27)19-22-6-2-1-3-7-22/h1-9,11-12,18H,10,13-17,19-21H2. The first kappa shape index (κ1) is 22.7. The van der Waals surface area contributed by atoms with Crippen LogP contribution in [-0.4, -0.2) is 67.9 Å². The number of rotatable bonds is 6. The summed E-state index contributed by atoms with van der Waals surface area (Å²) in [6.45, 7) is 5.46. The van der Waals surface area contributed by atoms with Crippen molar-refractivity contribution in [1.29, 1.82) is 0 Å². The Kier molecular flexibility index (Phi) is 6.36. The highest BCUT2D eigenvalue weighted by Crippen LogP contribution is 2.27. The first-order valence-corrected chi connectivity index (χ1v) is 12.5. The van der Waals surface area contributed by atoms with Gasteiger partial charge in [0.05, 0.1) is 31.6 Å². The molecule has 0 radical (unpaired) electrons. The van der Waals surface area contributed by atoms with E-state index in [-0.39, 0.29) is 5.91 Å². The number of carbonyl (C=O) groups is 1. The molecule has 0 N–H and O–H groups in total. The van der Waals surface area contributed by atoms with Crippen molar-refractivity contribution in [2.45, 2.75) is 26.1 Å². The summed E-state index contributed by atoms with van der Waals surface area (Å²) < 4.78 is 9.70. The van der Waals surface area contributed by atoms with Crippen LogP contribution < -0.4 is 0 Å². The molecule has 1 amide bonds. The molecule has 8 nitrogen and oxygen atoms in total. The van der Waals surface area contributed by atoms with Gasteiger partial charge in [-0.05, 0) is 29.8 Å². The molecule has 0 atom stereocenters. The molecule has 1 fully saturated rings. The van der Waals surface area contributed by atoms with Crippen LogP contribution in [0.4, 0.5) is 0 Å².